The Kier molecular flexibility index (Phi) is 3.51. The van der Waals surface area contributed by atoms with Gasteiger partial charge in [-0.2, -0.15) is 0 Å². The van der Waals surface area contributed by atoms with Gasteiger partial charge in [-0.3, -0.25) is 0 Å². The molecule has 0 aliphatic heterocycles. The molecule has 0 aliphatic rings. The highest BCUT2D eigenvalue weighted by Crippen LogP contribution is 2.00. The number of ether oxygens (including phenoxy) is 1. The topological polar surface area (TPSA) is 55.7 Å². The number of hydrogen-bond acceptors (Lipinski definition) is 3. The summed E-state index contributed by atoms with van der Waals surface area (Å²) in [5.74, 6) is 0.238. The van der Waals surface area contributed by atoms with Crippen LogP contribution in [0.15, 0.2) is 4.40 Å². The van der Waals surface area contributed by atoms with Crippen molar-refractivity contribution in [3.05, 3.63) is 0 Å². The fourth-order valence-corrected chi connectivity index (χ4v) is 1.15. The predicted molar refractivity (Wildman–Crippen MR) is 44.1 cm³/mol. The lowest BCUT2D eigenvalue weighted by Crippen LogP contribution is -2.12. The van der Waals surface area contributed by atoms with Crippen LogP contribution < -0.4 is 0 Å². The van der Waals surface area contributed by atoms with Crippen molar-refractivity contribution in [2.45, 2.75) is 13.8 Å². The van der Waals surface area contributed by atoms with Gasteiger partial charge < -0.3 is 4.74 Å². The second kappa shape index (κ2) is 3.71. The molecule has 0 atom stereocenters. The van der Waals surface area contributed by atoms with E-state index in [1.54, 1.807) is 0 Å². The summed E-state index contributed by atoms with van der Waals surface area (Å²) in [4.78, 5) is 0. The number of rotatable bonds is 2. The van der Waals surface area contributed by atoms with Gasteiger partial charge in [0, 0.05) is 5.92 Å². The van der Waals surface area contributed by atoms with Crippen LogP contribution in [0, 0.1) is 5.92 Å². The fraction of sp³-hybridized carbons (Fsp3) is 0.833. The number of methoxy groups -OCH3 is 1. The Morgan fingerprint density at radius 1 is 1.45 bits per heavy atom. The van der Waals surface area contributed by atoms with E-state index in [0.29, 0.717) is 0 Å². The molecule has 0 spiro atoms. The molecule has 11 heavy (non-hydrogen) atoms. The minimum Gasteiger partial charge on any atom is -0.483 e. The van der Waals surface area contributed by atoms with Gasteiger partial charge in [0.25, 0.3) is 10.0 Å². The first-order chi connectivity index (χ1) is 4.87. The molecule has 0 saturated carbocycles. The Bertz CT molecular complexity index is 241. The van der Waals surface area contributed by atoms with Gasteiger partial charge in [0.1, 0.15) is 0 Å². The van der Waals surface area contributed by atoms with Crippen molar-refractivity contribution in [1.29, 1.82) is 0 Å². The maximum absolute atomic E-state index is 10.6. The van der Waals surface area contributed by atoms with E-state index in [9.17, 15) is 8.42 Å². The Balaban J connectivity index is 4.64. The van der Waals surface area contributed by atoms with E-state index in [-0.39, 0.29) is 11.8 Å². The van der Waals surface area contributed by atoms with Crippen LogP contribution in [0.25, 0.3) is 0 Å². The molecule has 0 aliphatic carbocycles. The fourth-order valence-electron chi connectivity index (χ4n) is 0.542. The van der Waals surface area contributed by atoms with E-state index in [0.717, 1.165) is 6.26 Å². The van der Waals surface area contributed by atoms with Crippen LogP contribution in [0.4, 0.5) is 0 Å². The van der Waals surface area contributed by atoms with Gasteiger partial charge in [-0.1, -0.05) is 13.8 Å². The third-order valence-corrected chi connectivity index (χ3v) is 1.47. The monoisotopic (exact) mass is 179 g/mol. The molecule has 0 radical (unpaired) electrons. The summed E-state index contributed by atoms with van der Waals surface area (Å²) in [5, 5.41) is 0. The first-order valence-electron chi connectivity index (χ1n) is 3.20. The van der Waals surface area contributed by atoms with E-state index in [1.807, 2.05) is 13.8 Å². The Morgan fingerprint density at radius 3 is 2.00 bits per heavy atom. The van der Waals surface area contributed by atoms with Gasteiger partial charge in [0.2, 0.25) is 5.90 Å². The Hall–Kier alpha value is -0.580. The SMILES string of the molecule is CO/C(=N/S(C)(=O)=O)C(C)C. The summed E-state index contributed by atoms with van der Waals surface area (Å²) in [6.07, 6.45) is 1.04. The lowest BCUT2D eigenvalue weighted by Gasteiger charge is -2.06. The van der Waals surface area contributed by atoms with Crippen LogP contribution in [-0.4, -0.2) is 27.7 Å². The summed E-state index contributed by atoms with van der Waals surface area (Å²) < 4.78 is 29.4. The zero-order chi connectivity index (χ0) is 9.07. The summed E-state index contributed by atoms with van der Waals surface area (Å²) in [6.45, 7) is 3.63. The number of nitrogens with zero attached hydrogens (tertiary/aromatic N) is 1. The molecule has 0 rings (SSSR count). The molecular weight excluding hydrogens is 166 g/mol. The summed E-state index contributed by atoms with van der Waals surface area (Å²) in [6, 6.07) is 0. The normalized spacial score (nSPS) is 13.7. The molecule has 0 unspecified atom stereocenters. The molecule has 0 saturated heterocycles. The molecule has 0 N–H and O–H groups in total. The van der Waals surface area contributed by atoms with Crippen LogP contribution in [0.1, 0.15) is 13.8 Å². The molecule has 4 nitrogen and oxygen atoms in total. The first-order valence-corrected chi connectivity index (χ1v) is 5.05. The average Bonchev–Trinajstić information content (AvgIpc) is 1.80. The van der Waals surface area contributed by atoms with Gasteiger partial charge in [0.15, 0.2) is 0 Å². The molecular formula is C6H13NO3S. The Morgan fingerprint density at radius 2 is 1.91 bits per heavy atom. The highest BCUT2D eigenvalue weighted by molar-refractivity contribution is 7.89. The molecule has 0 aromatic heterocycles. The first kappa shape index (κ1) is 10.4. The van der Waals surface area contributed by atoms with Gasteiger partial charge in [-0.25, -0.2) is 8.42 Å². The molecule has 0 aromatic rings. The van der Waals surface area contributed by atoms with E-state index in [1.165, 1.54) is 7.11 Å². The van der Waals surface area contributed by atoms with E-state index >= 15 is 0 Å². The smallest absolute Gasteiger partial charge is 0.253 e. The zero-order valence-corrected chi connectivity index (χ0v) is 7.97. The second-order valence-corrected chi connectivity index (χ2v) is 4.17. The highest BCUT2D eigenvalue weighted by atomic mass is 32.2. The molecule has 0 amide bonds. The molecule has 0 bridgehead atoms. The lowest BCUT2D eigenvalue weighted by molar-refractivity contribution is 0.376. The van der Waals surface area contributed by atoms with Crippen molar-refractivity contribution in [3.8, 4) is 0 Å². The lowest BCUT2D eigenvalue weighted by atomic mass is 10.2. The van der Waals surface area contributed by atoms with Crippen molar-refractivity contribution in [2.24, 2.45) is 10.3 Å². The van der Waals surface area contributed by atoms with E-state index in [2.05, 4.69) is 4.40 Å². The third-order valence-electron chi connectivity index (χ3n) is 0.959. The maximum atomic E-state index is 10.6. The molecule has 0 fully saturated rings. The molecule has 0 aromatic carbocycles. The van der Waals surface area contributed by atoms with Crippen LogP contribution in [-0.2, 0) is 14.8 Å². The quantitative estimate of drug-likeness (QED) is 0.462. The Labute approximate surface area is 67.3 Å². The van der Waals surface area contributed by atoms with Crippen LogP contribution in [0.2, 0.25) is 0 Å². The van der Waals surface area contributed by atoms with Gasteiger partial charge in [-0.05, 0) is 0 Å². The molecule has 0 heterocycles. The van der Waals surface area contributed by atoms with Crippen LogP contribution >= 0.6 is 0 Å². The highest BCUT2D eigenvalue weighted by Gasteiger charge is 2.08. The summed E-state index contributed by atoms with van der Waals surface area (Å²) in [7, 11) is -1.91. The van der Waals surface area contributed by atoms with Crippen molar-refractivity contribution in [3.63, 3.8) is 0 Å². The zero-order valence-electron chi connectivity index (χ0n) is 7.16. The van der Waals surface area contributed by atoms with E-state index < -0.39 is 10.0 Å². The van der Waals surface area contributed by atoms with Crippen molar-refractivity contribution < 1.29 is 13.2 Å². The number of hydrogen-bond donors (Lipinski definition) is 0. The largest absolute Gasteiger partial charge is 0.483 e. The maximum Gasteiger partial charge on any atom is 0.253 e. The van der Waals surface area contributed by atoms with Crippen molar-refractivity contribution >= 4 is 15.9 Å². The van der Waals surface area contributed by atoms with Crippen LogP contribution in [0.5, 0.6) is 0 Å². The van der Waals surface area contributed by atoms with Gasteiger partial charge in [0.05, 0.1) is 13.4 Å². The average molecular weight is 179 g/mol. The molecule has 66 valence electrons. The standard InChI is InChI=1S/C6H13NO3S/c1-5(2)6(10-3)7-11(4,8)9/h5H,1-4H3/b7-6+. The van der Waals surface area contributed by atoms with E-state index in [4.69, 9.17) is 4.74 Å². The van der Waals surface area contributed by atoms with Gasteiger partial charge in [-0.15, -0.1) is 4.40 Å². The predicted octanol–water partition coefficient (Wildman–Crippen LogP) is 0.647. The molecule has 5 heteroatoms. The summed E-state index contributed by atoms with van der Waals surface area (Å²) in [5.41, 5.74) is 0. The second-order valence-electron chi connectivity index (χ2n) is 2.52. The number of sulfonamides is 1. The minimum absolute atomic E-state index is 0.00488. The van der Waals surface area contributed by atoms with Crippen molar-refractivity contribution in [1.82, 2.24) is 0 Å². The van der Waals surface area contributed by atoms with Gasteiger partial charge >= 0.3 is 0 Å². The summed E-state index contributed by atoms with van der Waals surface area (Å²) >= 11 is 0. The van der Waals surface area contributed by atoms with Crippen LogP contribution in [0.3, 0.4) is 0 Å². The third kappa shape index (κ3) is 4.78. The van der Waals surface area contributed by atoms with Crippen molar-refractivity contribution in [2.75, 3.05) is 13.4 Å². The minimum atomic E-state index is -3.32.